The molecule has 0 radical (unpaired) electrons. The molecule has 0 saturated heterocycles. The van der Waals surface area contributed by atoms with Gasteiger partial charge in [0.25, 0.3) is 5.91 Å². The Morgan fingerprint density at radius 3 is 2.12 bits per heavy atom. The molecule has 0 aliphatic rings. The van der Waals surface area contributed by atoms with Crippen molar-refractivity contribution in [3.05, 3.63) is 29.8 Å². The van der Waals surface area contributed by atoms with Crippen LogP contribution in [0.4, 0.5) is 0 Å². The number of hydrogen-bond donors (Lipinski definition) is 2. The number of carbonyl (C=O) groups excluding carboxylic acids is 1. The van der Waals surface area contributed by atoms with Crippen molar-refractivity contribution >= 4 is 21.9 Å². The Morgan fingerprint density at radius 2 is 1.71 bits per heavy atom. The first kappa shape index (κ1) is 20.1. The average Bonchev–Trinajstić information content (AvgIpc) is 2.43. The molecule has 1 aromatic carbocycles. The van der Waals surface area contributed by atoms with E-state index in [1.165, 1.54) is 43.1 Å². The Morgan fingerprint density at radius 1 is 1.21 bits per heavy atom. The van der Waals surface area contributed by atoms with E-state index >= 15 is 0 Å². The van der Waals surface area contributed by atoms with Crippen LogP contribution in [0.25, 0.3) is 0 Å². The molecule has 1 amide bonds. The summed E-state index contributed by atoms with van der Waals surface area (Å²) in [6.07, 6.45) is 0. The number of amides is 1. The fourth-order valence-electron chi connectivity index (χ4n) is 2.03. The van der Waals surface area contributed by atoms with Crippen molar-refractivity contribution in [1.29, 1.82) is 0 Å². The highest BCUT2D eigenvalue weighted by Crippen LogP contribution is 2.15. The van der Waals surface area contributed by atoms with E-state index in [-0.39, 0.29) is 17.3 Å². The molecule has 1 aromatic rings. The average molecular weight is 356 g/mol. The molecule has 0 aliphatic carbocycles. The van der Waals surface area contributed by atoms with Crippen molar-refractivity contribution in [1.82, 2.24) is 9.62 Å². The smallest absolute Gasteiger partial charge is 0.308 e. The Balaban J connectivity index is 2.91. The summed E-state index contributed by atoms with van der Waals surface area (Å²) in [5, 5.41) is 8.89. The number of carbonyl (C=O) groups is 2. The minimum Gasteiger partial charge on any atom is -0.481 e. The molecule has 0 heterocycles. The van der Waals surface area contributed by atoms with E-state index in [4.69, 9.17) is 5.11 Å². The minimum absolute atomic E-state index is 0.0653. The maximum atomic E-state index is 12.3. The molecule has 1 rings (SSSR count). The van der Waals surface area contributed by atoms with Crippen molar-refractivity contribution in [2.45, 2.75) is 38.1 Å². The Hall–Kier alpha value is -1.93. The van der Waals surface area contributed by atoms with Crippen molar-refractivity contribution in [3.63, 3.8) is 0 Å². The Kier molecular flexibility index (Phi) is 6.13. The number of carboxylic acid groups (broad SMARTS) is 1. The standard InChI is InChI=1S/C16H24N2O5S/c1-11(15(20)21)10-18(5)14(19)12-6-8-13(9-7-12)24(22,23)17-16(2,3)4/h6-9,11,17H,10H2,1-5H3,(H,20,21). The number of nitrogens with zero attached hydrogens (tertiary/aromatic N) is 1. The van der Waals surface area contributed by atoms with Crippen LogP contribution in [0.15, 0.2) is 29.2 Å². The predicted octanol–water partition coefficient (Wildman–Crippen LogP) is 1.56. The molecule has 1 atom stereocenters. The fraction of sp³-hybridized carbons (Fsp3) is 0.500. The maximum Gasteiger partial charge on any atom is 0.308 e. The molecule has 7 nitrogen and oxygen atoms in total. The van der Waals surface area contributed by atoms with Gasteiger partial charge in [-0.1, -0.05) is 6.92 Å². The van der Waals surface area contributed by atoms with E-state index in [1.807, 2.05) is 0 Å². The largest absolute Gasteiger partial charge is 0.481 e. The summed E-state index contributed by atoms with van der Waals surface area (Å²) in [6.45, 7) is 6.79. The third kappa shape index (κ3) is 5.61. The summed E-state index contributed by atoms with van der Waals surface area (Å²) in [6, 6.07) is 5.55. The summed E-state index contributed by atoms with van der Waals surface area (Å²) in [5.41, 5.74) is -0.314. The quantitative estimate of drug-likeness (QED) is 0.805. The second kappa shape index (κ2) is 7.31. The summed E-state index contributed by atoms with van der Waals surface area (Å²) >= 11 is 0. The predicted molar refractivity (Wildman–Crippen MR) is 90.3 cm³/mol. The molecule has 1 unspecified atom stereocenters. The number of benzene rings is 1. The van der Waals surface area contributed by atoms with Gasteiger partial charge in [-0.15, -0.1) is 0 Å². The van der Waals surface area contributed by atoms with E-state index in [9.17, 15) is 18.0 Å². The van der Waals surface area contributed by atoms with E-state index in [1.54, 1.807) is 20.8 Å². The van der Waals surface area contributed by atoms with E-state index < -0.39 is 27.4 Å². The van der Waals surface area contributed by atoms with E-state index in [2.05, 4.69) is 4.72 Å². The van der Waals surface area contributed by atoms with Crippen LogP contribution in [0.3, 0.4) is 0 Å². The summed E-state index contributed by atoms with van der Waals surface area (Å²) < 4.78 is 27.0. The molecule has 0 aliphatic heterocycles. The minimum atomic E-state index is -3.66. The lowest BCUT2D eigenvalue weighted by Gasteiger charge is -2.21. The molecule has 134 valence electrons. The molecular formula is C16H24N2O5S. The topological polar surface area (TPSA) is 104 Å². The summed E-state index contributed by atoms with van der Waals surface area (Å²) in [4.78, 5) is 24.5. The zero-order valence-electron chi connectivity index (χ0n) is 14.5. The van der Waals surface area contributed by atoms with Crippen LogP contribution in [0.2, 0.25) is 0 Å². The number of rotatable bonds is 6. The highest BCUT2D eigenvalue weighted by atomic mass is 32.2. The molecule has 0 aromatic heterocycles. The van der Waals surface area contributed by atoms with Crippen molar-refractivity contribution < 1.29 is 23.1 Å². The van der Waals surface area contributed by atoms with Crippen molar-refractivity contribution in [2.24, 2.45) is 5.92 Å². The van der Waals surface area contributed by atoms with Gasteiger partial charge in [0.15, 0.2) is 0 Å². The van der Waals surface area contributed by atoms with Crippen LogP contribution in [0.1, 0.15) is 38.1 Å². The first-order valence-corrected chi connectivity index (χ1v) is 8.94. The van der Waals surface area contributed by atoms with Crippen molar-refractivity contribution in [2.75, 3.05) is 13.6 Å². The third-order valence-corrected chi connectivity index (χ3v) is 4.94. The number of aliphatic carboxylic acids is 1. The fourth-order valence-corrected chi connectivity index (χ4v) is 3.45. The van der Waals surface area contributed by atoms with Gasteiger partial charge in [0.1, 0.15) is 0 Å². The van der Waals surface area contributed by atoms with Crippen LogP contribution in [-0.4, -0.2) is 49.4 Å². The maximum absolute atomic E-state index is 12.3. The third-order valence-electron chi connectivity index (χ3n) is 3.17. The van der Waals surface area contributed by atoms with Gasteiger partial charge in [-0.2, -0.15) is 0 Å². The van der Waals surface area contributed by atoms with Gasteiger partial charge in [-0.3, -0.25) is 9.59 Å². The molecule has 0 saturated carbocycles. The van der Waals surface area contributed by atoms with Gasteiger partial charge in [-0.05, 0) is 45.0 Å². The molecule has 0 bridgehead atoms. The molecule has 8 heteroatoms. The lowest BCUT2D eigenvalue weighted by Crippen LogP contribution is -2.40. The lowest BCUT2D eigenvalue weighted by molar-refractivity contribution is -0.141. The van der Waals surface area contributed by atoms with Crippen LogP contribution >= 0.6 is 0 Å². The van der Waals surface area contributed by atoms with Crippen LogP contribution in [0.5, 0.6) is 0 Å². The molecule has 0 fully saturated rings. The van der Waals surface area contributed by atoms with Crippen molar-refractivity contribution in [3.8, 4) is 0 Å². The Labute approximate surface area is 142 Å². The summed E-state index contributed by atoms with van der Waals surface area (Å²) in [7, 11) is -2.16. The van der Waals surface area contributed by atoms with Gasteiger partial charge in [-0.25, -0.2) is 13.1 Å². The van der Waals surface area contributed by atoms with E-state index in [0.717, 1.165) is 0 Å². The SMILES string of the molecule is CC(CN(C)C(=O)c1ccc(S(=O)(=O)NC(C)(C)C)cc1)C(=O)O. The van der Waals surface area contributed by atoms with E-state index in [0.29, 0.717) is 5.56 Å². The lowest BCUT2D eigenvalue weighted by atomic mass is 10.1. The normalized spacial score (nSPS) is 13.4. The van der Waals surface area contributed by atoms with Crippen LogP contribution in [0, 0.1) is 5.92 Å². The number of hydrogen-bond acceptors (Lipinski definition) is 4. The zero-order valence-corrected chi connectivity index (χ0v) is 15.3. The van der Waals surface area contributed by atoms with Gasteiger partial charge in [0, 0.05) is 24.7 Å². The first-order valence-electron chi connectivity index (χ1n) is 7.46. The summed E-state index contributed by atoms with van der Waals surface area (Å²) in [5.74, 6) is -2.03. The number of carboxylic acids is 1. The second-order valence-electron chi connectivity index (χ2n) is 6.80. The van der Waals surface area contributed by atoms with Gasteiger partial charge < -0.3 is 10.0 Å². The van der Waals surface area contributed by atoms with Crippen LogP contribution < -0.4 is 4.72 Å². The molecule has 2 N–H and O–H groups in total. The monoisotopic (exact) mass is 356 g/mol. The van der Waals surface area contributed by atoms with Gasteiger partial charge >= 0.3 is 5.97 Å². The molecule has 24 heavy (non-hydrogen) atoms. The molecule has 0 spiro atoms. The zero-order chi connectivity index (χ0) is 18.7. The van der Waals surface area contributed by atoms with Gasteiger partial charge in [0.2, 0.25) is 10.0 Å². The Bertz CT molecular complexity index is 705. The number of nitrogens with one attached hydrogen (secondary N) is 1. The first-order chi connectivity index (χ1) is 10.8. The van der Waals surface area contributed by atoms with Crippen LogP contribution in [-0.2, 0) is 14.8 Å². The van der Waals surface area contributed by atoms with Gasteiger partial charge in [0.05, 0.1) is 10.8 Å². The molecular weight excluding hydrogens is 332 g/mol. The highest BCUT2D eigenvalue weighted by molar-refractivity contribution is 7.89. The highest BCUT2D eigenvalue weighted by Gasteiger charge is 2.23. The number of sulfonamides is 1. The second-order valence-corrected chi connectivity index (χ2v) is 8.49.